The fraction of sp³-hybridized carbons (Fsp3) is 0.533. The Bertz CT molecular complexity index is 458. The largest absolute Gasteiger partial charge is 0.478 e. The second-order valence-corrected chi connectivity index (χ2v) is 5.79. The van der Waals surface area contributed by atoms with Crippen LogP contribution in [0.5, 0.6) is 0 Å². The summed E-state index contributed by atoms with van der Waals surface area (Å²) in [5, 5.41) is 8.90. The fourth-order valence-electron chi connectivity index (χ4n) is 3.54. The Balaban J connectivity index is 1.70. The van der Waals surface area contributed by atoms with Gasteiger partial charge in [0.1, 0.15) is 0 Å². The van der Waals surface area contributed by atoms with Gasteiger partial charge in [0.25, 0.3) is 0 Å². The molecule has 2 fully saturated rings. The molecule has 2 aliphatic heterocycles. The maximum absolute atomic E-state index is 10.8. The smallest absolute Gasteiger partial charge is 0.335 e. The number of carboxylic acid groups (broad SMARTS) is 1. The number of hydrogen-bond acceptors (Lipinski definition) is 3. The van der Waals surface area contributed by atoms with E-state index in [9.17, 15) is 4.79 Å². The maximum atomic E-state index is 10.8. The zero-order chi connectivity index (χ0) is 13.4. The molecular weight excluding hydrogens is 240 g/mol. The first-order valence-corrected chi connectivity index (χ1v) is 6.97. The molecule has 4 nitrogen and oxygen atoms in total. The van der Waals surface area contributed by atoms with E-state index in [-0.39, 0.29) is 0 Å². The van der Waals surface area contributed by atoms with Crippen molar-refractivity contribution in [3.05, 3.63) is 35.4 Å². The van der Waals surface area contributed by atoms with Crippen LogP contribution in [0.25, 0.3) is 0 Å². The van der Waals surface area contributed by atoms with E-state index < -0.39 is 5.97 Å². The Morgan fingerprint density at radius 1 is 1.21 bits per heavy atom. The molecule has 2 atom stereocenters. The van der Waals surface area contributed by atoms with E-state index in [1.54, 1.807) is 12.1 Å². The van der Waals surface area contributed by atoms with Gasteiger partial charge in [-0.2, -0.15) is 0 Å². The lowest BCUT2D eigenvalue weighted by Gasteiger charge is -2.37. The minimum absolute atomic E-state index is 0.354. The predicted molar refractivity (Wildman–Crippen MR) is 73.0 cm³/mol. The lowest BCUT2D eigenvalue weighted by atomic mass is 9.97. The standard InChI is InChI=1S/C15H20N2O2/c16-12-7-13-5-6-14(8-12)17(13)9-10-1-3-11(4-2-10)15(18)19/h1-4,12-14H,5-9,16H2,(H,18,19). The normalized spacial score (nSPS) is 30.5. The molecular formula is C15H20N2O2. The highest BCUT2D eigenvalue weighted by molar-refractivity contribution is 5.87. The molecule has 2 heterocycles. The number of hydrogen-bond donors (Lipinski definition) is 2. The summed E-state index contributed by atoms with van der Waals surface area (Å²) in [5.41, 5.74) is 7.62. The van der Waals surface area contributed by atoms with Gasteiger partial charge in [-0.15, -0.1) is 0 Å². The van der Waals surface area contributed by atoms with Crippen molar-refractivity contribution in [1.29, 1.82) is 0 Å². The highest BCUT2D eigenvalue weighted by Crippen LogP contribution is 2.36. The van der Waals surface area contributed by atoms with Crippen LogP contribution in [-0.2, 0) is 6.54 Å². The van der Waals surface area contributed by atoms with Gasteiger partial charge in [-0.05, 0) is 43.4 Å². The quantitative estimate of drug-likeness (QED) is 0.870. The summed E-state index contributed by atoms with van der Waals surface area (Å²) in [6.07, 6.45) is 4.71. The topological polar surface area (TPSA) is 66.6 Å². The van der Waals surface area contributed by atoms with Gasteiger partial charge < -0.3 is 10.8 Å². The third-order valence-corrected chi connectivity index (χ3v) is 4.49. The molecule has 2 saturated heterocycles. The number of rotatable bonds is 3. The molecule has 3 rings (SSSR count). The van der Waals surface area contributed by atoms with Gasteiger partial charge in [-0.1, -0.05) is 12.1 Å². The Morgan fingerprint density at radius 2 is 1.79 bits per heavy atom. The summed E-state index contributed by atoms with van der Waals surface area (Å²) in [6.45, 7) is 0.919. The first-order chi connectivity index (χ1) is 9.13. The van der Waals surface area contributed by atoms with Crippen LogP contribution in [0.4, 0.5) is 0 Å². The Morgan fingerprint density at radius 3 is 2.32 bits per heavy atom. The van der Waals surface area contributed by atoms with E-state index in [2.05, 4.69) is 4.90 Å². The van der Waals surface area contributed by atoms with Gasteiger partial charge in [0.2, 0.25) is 0 Å². The lowest BCUT2D eigenvalue weighted by Crippen LogP contribution is -2.46. The van der Waals surface area contributed by atoms with Crippen LogP contribution in [-0.4, -0.2) is 34.1 Å². The molecule has 1 aromatic rings. The van der Waals surface area contributed by atoms with Crippen LogP contribution >= 0.6 is 0 Å². The molecule has 0 aliphatic carbocycles. The summed E-state index contributed by atoms with van der Waals surface area (Å²) in [4.78, 5) is 13.4. The van der Waals surface area contributed by atoms with Crippen molar-refractivity contribution in [3.8, 4) is 0 Å². The maximum Gasteiger partial charge on any atom is 0.335 e. The molecule has 0 aromatic heterocycles. The molecule has 2 aliphatic rings. The zero-order valence-electron chi connectivity index (χ0n) is 11.0. The van der Waals surface area contributed by atoms with Crippen molar-refractivity contribution in [2.75, 3.05) is 0 Å². The molecule has 1 aromatic carbocycles. The fourth-order valence-corrected chi connectivity index (χ4v) is 3.54. The second-order valence-electron chi connectivity index (χ2n) is 5.79. The van der Waals surface area contributed by atoms with Gasteiger partial charge in [0.05, 0.1) is 5.56 Å². The van der Waals surface area contributed by atoms with Crippen LogP contribution in [0.3, 0.4) is 0 Å². The predicted octanol–water partition coefficient (Wildman–Crippen LogP) is 1.84. The Hall–Kier alpha value is -1.39. The molecule has 102 valence electrons. The number of nitrogens with two attached hydrogens (primary N) is 1. The minimum atomic E-state index is -0.865. The number of fused-ring (bicyclic) bond motifs is 2. The monoisotopic (exact) mass is 260 g/mol. The van der Waals surface area contributed by atoms with Crippen LogP contribution in [0.15, 0.2) is 24.3 Å². The summed E-state index contributed by atoms with van der Waals surface area (Å²) in [7, 11) is 0. The van der Waals surface area contributed by atoms with Crippen molar-refractivity contribution in [2.45, 2.75) is 50.4 Å². The second kappa shape index (κ2) is 4.94. The van der Waals surface area contributed by atoms with Crippen LogP contribution < -0.4 is 5.73 Å². The van der Waals surface area contributed by atoms with Crippen LogP contribution in [0.2, 0.25) is 0 Å². The number of nitrogens with zero attached hydrogens (tertiary/aromatic N) is 1. The first-order valence-electron chi connectivity index (χ1n) is 6.97. The van der Waals surface area contributed by atoms with Gasteiger partial charge in [-0.25, -0.2) is 4.79 Å². The summed E-state index contributed by atoms with van der Waals surface area (Å²) < 4.78 is 0. The number of aromatic carboxylic acids is 1. The average molecular weight is 260 g/mol. The average Bonchev–Trinajstić information content (AvgIpc) is 2.62. The van der Waals surface area contributed by atoms with E-state index in [0.29, 0.717) is 23.7 Å². The van der Waals surface area contributed by atoms with E-state index in [1.165, 1.54) is 18.4 Å². The number of piperidine rings is 1. The van der Waals surface area contributed by atoms with Crippen LogP contribution in [0.1, 0.15) is 41.6 Å². The Kier molecular flexibility index (Phi) is 3.29. The summed E-state index contributed by atoms with van der Waals surface area (Å²) >= 11 is 0. The molecule has 2 bridgehead atoms. The molecule has 3 N–H and O–H groups in total. The summed E-state index contributed by atoms with van der Waals surface area (Å²) in [5.74, 6) is -0.865. The molecule has 0 radical (unpaired) electrons. The van der Waals surface area contributed by atoms with E-state index >= 15 is 0 Å². The highest BCUT2D eigenvalue weighted by Gasteiger charge is 2.39. The van der Waals surface area contributed by atoms with Crippen molar-refractivity contribution in [2.24, 2.45) is 5.73 Å². The van der Waals surface area contributed by atoms with Crippen molar-refractivity contribution >= 4 is 5.97 Å². The van der Waals surface area contributed by atoms with Gasteiger partial charge in [0.15, 0.2) is 0 Å². The van der Waals surface area contributed by atoms with Crippen LogP contribution in [0, 0.1) is 0 Å². The van der Waals surface area contributed by atoms with Crippen molar-refractivity contribution in [1.82, 2.24) is 4.90 Å². The van der Waals surface area contributed by atoms with E-state index in [0.717, 1.165) is 19.4 Å². The lowest BCUT2D eigenvalue weighted by molar-refractivity contribution is 0.0696. The van der Waals surface area contributed by atoms with Gasteiger partial charge in [-0.3, -0.25) is 4.90 Å². The minimum Gasteiger partial charge on any atom is -0.478 e. The Labute approximate surface area is 113 Å². The van der Waals surface area contributed by atoms with E-state index in [1.807, 2.05) is 12.1 Å². The summed E-state index contributed by atoms with van der Waals surface area (Å²) in [6, 6.07) is 8.84. The van der Waals surface area contributed by atoms with Gasteiger partial charge >= 0.3 is 5.97 Å². The number of carbonyl (C=O) groups is 1. The van der Waals surface area contributed by atoms with Crippen molar-refractivity contribution < 1.29 is 9.90 Å². The molecule has 0 spiro atoms. The molecule has 2 unspecified atom stereocenters. The molecule has 19 heavy (non-hydrogen) atoms. The third-order valence-electron chi connectivity index (χ3n) is 4.49. The number of carboxylic acids is 1. The first kappa shape index (κ1) is 12.6. The van der Waals surface area contributed by atoms with E-state index in [4.69, 9.17) is 10.8 Å². The van der Waals surface area contributed by atoms with Gasteiger partial charge in [0, 0.05) is 24.7 Å². The zero-order valence-corrected chi connectivity index (χ0v) is 11.0. The highest BCUT2D eigenvalue weighted by atomic mass is 16.4. The third kappa shape index (κ3) is 2.51. The number of benzene rings is 1. The SMILES string of the molecule is NC1CC2CCC(C1)N2Cc1ccc(C(=O)O)cc1. The molecule has 0 saturated carbocycles. The molecule has 0 amide bonds. The molecule has 4 heteroatoms. The van der Waals surface area contributed by atoms with Crippen molar-refractivity contribution in [3.63, 3.8) is 0 Å².